The molecule has 4 rings (SSSR count). The van der Waals surface area contributed by atoms with Crippen molar-refractivity contribution in [2.45, 2.75) is 45.4 Å². The number of likely N-dealkylation sites (tertiary alicyclic amines) is 1. The van der Waals surface area contributed by atoms with Crippen LogP contribution in [-0.4, -0.2) is 50.2 Å². The number of aromatic nitrogens is 4. The first-order valence-electron chi connectivity index (χ1n) is 7.94. The lowest BCUT2D eigenvalue weighted by molar-refractivity contribution is -0.0605. The standard InChI is InChI=1S/C15H19N5O3/c1-3-11-14(9(2)23-17-11)15(21)19-5-4-13-12(7-19)20-10(8-22-13)6-16-18-20/h6,12-13H,3-5,7-8H2,1-2H3/t12-,13+/m1/s1. The molecule has 4 heterocycles. The van der Waals surface area contributed by atoms with E-state index in [2.05, 4.69) is 15.5 Å². The fourth-order valence-corrected chi connectivity index (χ4v) is 3.46. The fraction of sp³-hybridized carbons (Fsp3) is 0.600. The number of fused-ring (bicyclic) bond motifs is 3. The van der Waals surface area contributed by atoms with Crippen molar-refractivity contribution >= 4 is 5.91 Å². The molecule has 0 aromatic carbocycles. The summed E-state index contributed by atoms with van der Waals surface area (Å²) in [6, 6.07) is 0.0178. The first-order chi connectivity index (χ1) is 11.2. The predicted molar refractivity (Wildman–Crippen MR) is 78.8 cm³/mol. The quantitative estimate of drug-likeness (QED) is 0.825. The highest BCUT2D eigenvalue weighted by atomic mass is 16.5. The van der Waals surface area contributed by atoms with Gasteiger partial charge >= 0.3 is 0 Å². The maximum atomic E-state index is 12.9. The van der Waals surface area contributed by atoms with Gasteiger partial charge in [-0.1, -0.05) is 17.3 Å². The average Bonchev–Trinajstić information content (AvgIpc) is 3.19. The predicted octanol–water partition coefficient (Wildman–Crippen LogP) is 1.12. The topological polar surface area (TPSA) is 86.3 Å². The minimum absolute atomic E-state index is 0.0178. The van der Waals surface area contributed by atoms with Gasteiger partial charge in [0.05, 0.1) is 36.3 Å². The largest absolute Gasteiger partial charge is 0.370 e. The van der Waals surface area contributed by atoms with E-state index in [1.165, 1.54) is 0 Å². The fourth-order valence-electron chi connectivity index (χ4n) is 3.46. The van der Waals surface area contributed by atoms with Crippen molar-refractivity contribution in [2.75, 3.05) is 13.1 Å². The molecule has 1 fully saturated rings. The number of amides is 1. The Morgan fingerprint density at radius 3 is 3.17 bits per heavy atom. The molecule has 0 radical (unpaired) electrons. The summed E-state index contributed by atoms with van der Waals surface area (Å²) in [4.78, 5) is 14.8. The van der Waals surface area contributed by atoms with Crippen LogP contribution < -0.4 is 0 Å². The van der Waals surface area contributed by atoms with Crippen LogP contribution in [0.1, 0.15) is 46.9 Å². The lowest BCUT2D eigenvalue weighted by atomic mass is 9.99. The summed E-state index contributed by atoms with van der Waals surface area (Å²) < 4.78 is 13.0. The minimum atomic E-state index is -0.0220. The third-order valence-electron chi connectivity index (χ3n) is 4.70. The van der Waals surface area contributed by atoms with Gasteiger partial charge in [-0.2, -0.15) is 0 Å². The van der Waals surface area contributed by atoms with Gasteiger partial charge < -0.3 is 14.2 Å². The summed E-state index contributed by atoms with van der Waals surface area (Å²) in [6.45, 7) is 5.51. The molecule has 2 aliphatic heterocycles. The molecule has 0 bridgehead atoms. The van der Waals surface area contributed by atoms with Crippen molar-refractivity contribution in [3.8, 4) is 0 Å². The molecule has 1 saturated heterocycles. The van der Waals surface area contributed by atoms with E-state index in [0.717, 1.165) is 17.8 Å². The number of nitrogens with zero attached hydrogens (tertiary/aromatic N) is 5. The Labute approximate surface area is 133 Å². The molecule has 2 aromatic heterocycles. The van der Waals surface area contributed by atoms with Crippen LogP contribution in [0, 0.1) is 6.92 Å². The number of carbonyl (C=O) groups excluding carboxylic acids is 1. The maximum absolute atomic E-state index is 12.9. The van der Waals surface area contributed by atoms with Crippen molar-refractivity contribution in [3.63, 3.8) is 0 Å². The number of hydrogen-bond donors (Lipinski definition) is 0. The van der Waals surface area contributed by atoms with Crippen LogP contribution in [-0.2, 0) is 17.8 Å². The van der Waals surface area contributed by atoms with Gasteiger partial charge in [0.15, 0.2) is 0 Å². The Bertz CT molecular complexity index is 737. The Kier molecular flexibility index (Phi) is 3.41. The molecular formula is C15H19N5O3. The zero-order chi connectivity index (χ0) is 16.0. The molecule has 0 N–H and O–H groups in total. The highest BCUT2D eigenvalue weighted by Gasteiger charge is 2.39. The second-order valence-corrected chi connectivity index (χ2v) is 6.04. The van der Waals surface area contributed by atoms with E-state index in [4.69, 9.17) is 9.26 Å². The number of aryl methyl sites for hydroxylation is 2. The number of piperidine rings is 1. The van der Waals surface area contributed by atoms with E-state index in [0.29, 0.717) is 37.4 Å². The highest BCUT2D eigenvalue weighted by Crippen LogP contribution is 2.31. The van der Waals surface area contributed by atoms with Gasteiger partial charge in [-0.25, -0.2) is 4.68 Å². The van der Waals surface area contributed by atoms with Crippen LogP contribution in [0.3, 0.4) is 0 Å². The summed E-state index contributed by atoms with van der Waals surface area (Å²) in [5, 5.41) is 12.1. The van der Waals surface area contributed by atoms with E-state index >= 15 is 0 Å². The maximum Gasteiger partial charge on any atom is 0.259 e. The number of rotatable bonds is 2. The van der Waals surface area contributed by atoms with E-state index in [1.54, 1.807) is 13.1 Å². The lowest BCUT2D eigenvalue weighted by Crippen LogP contribution is -2.50. The molecule has 122 valence electrons. The third kappa shape index (κ3) is 2.24. The summed E-state index contributed by atoms with van der Waals surface area (Å²) in [5.41, 5.74) is 2.27. The normalized spacial score (nSPS) is 23.5. The van der Waals surface area contributed by atoms with Gasteiger partial charge in [-0.3, -0.25) is 4.79 Å². The van der Waals surface area contributed by atoms with Gasteiger partial charge in [0, 0.05) is 13.1 Å². The summed E-state index contributed by atoms with van der Waals surface area (Å²) >= 11 is 0. The lowest BCUT2D eigenvalue weighted by Gasteiger charge is -2.40. The van der Waals surface area contributed by atoms with Crippen molar-refractivity contribution in [3.05, 3.63) is 28.9 Å². The zero-order valence-electron chi connectivity index (χ0n) is 13.2. The van der Waals surface area contributed by atoms with E-state index < -0.39 is 0 Å². The van der Waals surface area contributed by atoms with Gasteiger partial charge in [0.1, 0.15) is 11.3 Å². The molecule has 0 aliphatic carbocycles. The van der Waals surface area contributed by atoms with Crippen LogP contribution in [0.15, 0.2) is 10.7 Å². The van der Waals surface area contributed by atoms with Crippen molar-refractivity contribution in [2.24, 2.45) is 0 Å². The van der Waals surface area contributed by atoms with Crippen LogP contribution >= 0.6 is 0 Å². The molecular weight excluding hydrogens is 298 g/mol. The first kappa shape index (κ1) is 14.4. The molecule has 2 aromatic rings. The van der Waals surface area contributed by atoms with Gasteiger partial charge in [-0.05, 0) is 19.8 Å². The van der Waals surface area contributed by atoms with Gasteiger partial charge in [0.2, 0.25) is 0 Å². The highest BCUT2D eigenvalue weighted by molar-refractivity contribution is 5.96. The Balaban J connectivity index is 1.60. The van der Waals surface area contributed by atoms with Gasteiger partial charge in [0.25, 0.3) is 5.91 Å². The van der Waals surface area contributed by atoms with E-state index in [1.807, 2.05) is 16.5 Å². The molecule has 2 aliphatic rings. The van der Waals surface area contributed by atoms with E-state index in [-0.39, 0.29) is 18.1 Å². The van der Waals surface area contributed by atoms with Gasteiger partial charge in [-0.15, -0.1) is 5.10 Å². The summed E-state index contributed by atoms with van der Waals surface area (Å²) in [6.07, 6.45) is 3.27. The summed E-state index contributed by atoms with van der Waals surface area (Å²) in [5.74, 6) is 0.557. The Morgan fingerprint density at radius 2 is 2.35 bits per heavy atom. The number of ether oxygens (including phenoxy) is 1. The molecule has 0 saturated carbocycles. The van der Waals surface area contributed by atoms with Crippen molar-refractivity contribution < 1.29 is 14.1 Å². The molecule has 0 unspecified atom stereocenters. The van der Waals surface area contributed by atoms with Crippen LogP contribution in [0.4, 0.5) is 0 Å². The molecule has 23 heavy (non-hydrogen) atoms. The molecule has 0 spiro atoms. The minimum Gasteiger partial charge on any atom is -0.370 e. The van der Waals surface area contributed by atoms with Crippen LogP contribution in [0.2, 0.25) is 0 Å². The molecule has 8 nitrogen and oxygen atoms in total. The van der Waals surface area contributed by atoms with Crippen molar-refractivity contribution in [1.82, 2.24) is 25.1 Å². The van der Waals surface area contributed by atoms with Crippen molar-refractivity contribution in [1.29, 1.82) is 0 Å². The smallest absolute Gasteiger partial charge is 0.259 e. The van der Waals surface area contributed by atoms with Crippen LogP contribution in [0.5, 0.6) is 0 Å². The Morgan fingerprint density at radius 1 is 1.48 bits per heavy atom. The third-order valence-corrected chi connectivity index (χ3v) is 4.70. The second kappa shape index (κ2) is 5.45. The average molecular weight is 317 g/mol. The second-order valence-electron chi connectivity index (χ2n) is 6.04. The zero-order valence-corrected chi connectivity index (χ0v) is 13.2. The summed E-state index contributed by atoms with van der Waals surface area (Å²) in [7, 11) is 0. The monoisotopic (exact) mass is 317 g/mol. The van der Waals surface area contributed by atoms with E-state index in [9.17, 15) is 4.79 Å². The molecule has 8 heteroatoms. The number of carbonyl (C=O) groups is 1. The SMILES string of the molecule is CCc1noc(C)c1C(=O)N1CC[C@@H]2OCc3cnnn3[C@@H]2C1. The molecule has 2 atom stereocenters. The number of hydrogen-bond acceptors (Lipinski definition) is 6. The van der Waals surface area contributed by atoms with Crippen LogP contribution in [0.25, 0.3) is 0 Å². The first-order valence-corrected chi connectivity index (χ1v) is 7.94. The molecule has 1 amide bonds. The Hall–Kier alpha value is -2.22.